The van der Waals surface area contributed by atoms with E-state index in [1.54, 1.807) is 7.11 Å². The highest BCUT2D eigenvalue weighted by molar-refractivity contribution is 9.10. The maximum absolute atomic E-state index is 12.4. The van der Waals surface area contributed by atoms with E-state index in [1.807, 2.05) is 23.1 Å². The predicted octanol–water partition coefficient (Wildman–Crippen LogP) is 3.33. The van der Waals surface area contributed by atoms with Crippen molar-refractivity contribution >= 4 is 22.0 Å². The molecular weight excluding hydrogens is 370 g/mol. The van der Waals surface area contributed by atoms with Crippen LogP contribution in [0.15, 0.2) is 22.7 Å². The molecule has 0 unspecified atom stereocenters. The van der Waals surface area contributed by atoms with Crippen LogP contribution >= 0.6 is 15.9 Å². The number of piperidine rings is 1. The Morgan fingerprint density at radius 1 is 1.38 bits per heavy atom. The number of rotatable bonds is 6. The molecule has 1 aliphatic heterocycles. The van der Waals surface area contributed by atoms with Crippen molar-refractivity contribution in [1.29, 1.82) is 0 Å². The van der Waals surface area contributed by atoms with E-state index in [0.29, 0.717) is 6.54 Å². The molecule has 2 rings (SSSR count). The third-order valence-electron chi connectivity index (χ3n) is 4.57. The lowest BCUT2D eigenvalue weighted by atomic mass is 9.93. The van der Waals surface area contributed by atoms with Crippen LogP contribution < -0.4 is 10.1 Å². The van der Waals surface area contributed by atoms with Gasteiger partial charge in [0.2, 0.25) is 0 Å². The SMILES string of the molecule is COc1ccc(Br)c(CNC(=O)N2CCC(CCN(C)C)CC2)c1. The normalized spacial score (nSPS) is 15.6. The summed E-state index contributed by atoms with van der Waals surface area (Å²) in [6.07, 6.45) is 3.42. The summed E-state index contributed by atoms with van der Waals surface area (Å²) in [6, 6.07) is 5.80. The van der Waals surface area contributed by atoms with E-state index in [9.17, 15) is 4.79 Å². The number of hydrogen-bond donors (Lipinski definition) is 1. The van der Waals surface area contributed by atoms with E-state index in [2.05, 4.69) is 40.2 Å². The van der Waals surface area contributed by atoms with Crippen LogP contribution in [0.3, 0.4) is 0 Å². The summed E-state index contributed by atoms with van der Waals surface area (Å²) in [6.45, 7) is 3.32. The Morgan fingerprint density at radius 2 is 2.08 bits per heavy atom. The van der Waals surface area contributed by atoms with Gasteiger partial charge in [-0.05, 0) is 69.6 Å². The summed E-state index contributed by atoms with van der Waals surface area (Å²) in [5, 5.41) is 3.02. The third-order valence-corrected chi connectivity index (χ3v) is 5.34. The van der Waals surface area contributed by atoms with Crippen LogP contribution in [-0.4, -0.2) is 56.7 Å². The number of carbonyl (C=O) groups is 1. The lowest BCUT2D eigenvalue weighted by molar-refractivity contribution is 0.164. The molecule has 2 amide bonds. The number of likely N-dealkylation sites (tertiary alicyclic amines) is 1. The van der Waals surface area contributed by atoms with E-state index in [-0.39, 0.29) is 6.03 Å². The van der Waals surface area contributed by atoms with Gasteiger partial charge in [-0.2, -0.15) is 0 Å². The van der Waals surface area contributed by atoms with Crippen LogP contribution in [0.4, 0.5) is 4.79 Å². The van der Waals surface area contributed by atoms with Gasteiger partial charge in [0, 0.05) is 24.1 Å². The smallest absolute Gasteiger partial charge is 0.317 e. The van der Waals surface area contributed by atoms with Crippen molar-refractivity contribution in [2.75, 3.05) is 40.8 Å². The first-order chi connectivity index (χ1) is 11.5. The molecule has 1 N–H and O–H groups in total. The molecular formula is C18H28BrN3O2. The van der Waals surface area contributed by atoms with E-state index >= 15 is 0 Å². The van der Waals surface area contributed by atoms with Crippen molar-refractivity contribution in [3.8, 4) is 5.75 Å². The summed E-state index contributed by atoms with van der Waals surface area (Å²) >= 11 is 3.52. The zero-order chi connectivity index (χ0) is 17.5. The number of carbonyl (C=O) groups excluding carboxylic acids is 1. The Bertz CT molecular complexity index is 543. The monoisotopic (exact) mass is 397 g/mol. The molecule has 24 heavy (non-hydrogen) atoms. The van der Waals surface area contributed by atoms with E-state index in [1.165, 1.54) is 6.42 Å². The molecule has 0 aromatic heterocycles. The highest BCUT2D eigenvalue weighted by Gasteiger charge is 2.22. The highest BCUT2D eigenvalue weighted by Crippen LogP contribution is 2.23. The van der Waals surface area contributed by atoms with Crippen LogP contribution in [0.1, 0.15) is 24.8 Å². The summed E-state index contributed by atoms with van der Waals surface area (Å²) in [5.74, 6) is 1.54. The van der Waals surface area contributed by atoms with Crippen molar-refractivity contribution in [2.45, 2.75) is 25.8 Å². The van der Waals surface area contributed by atoms with Crippen LogP contribution in [-0.2, 0) is 6.54 Å². The Balaban J connectivity index is 1.78. The first-order valence-corrected chi connectivity index (χ1v) is 9.29. The molecule has 1 aliphatic rings. The van der Waals surface area contributed by atoms with Crippen molar-refractivity contribution < 1.29 is 9.53 Å². The van der Waals surface area contributed by atoms with Crippen LogP contribution in [0.2, 0.25) is 0 Å². The van der Waals surface area contributed by atoms with Gasteiger partial charge in [-0.15, -0.1) is 0 Å². The fraction of sp³-hybridized carbons (Fsp3) is 0.611. The van der Waals surface area contributed by atoms with Crippen molar-refractivity contribution in [3.63, 3.8) is 0 Å². The van der Waals surface area contributed by atoms with Gasteiger partial charge in [0.05, 0.1) is 7.11 Å². The number of urea groups is 1. The van der Waals surface area contributed by atoms with Gasteiger partial charge in [-0.3, -0.25) is 0 Å². The van der Waals surface area contributed by atoms with Crippen molar-refractivity contribution in [3.05, 3.63) is 28.2 Å². The second-order valence-corrected chi connectivity index (χ2v) is 7.49. The lowest BCUT2D eigenvalue weighted by Gasteiger charge is -2.32. The minimum Gasteiger partial charge on any atom is -0.497 e. The number of nitrogens with zero attached hydrogens (tertiary/aromatic N) is 2. The highest BCUT2D eigenvalue weighted by atomic mass is 79.9. The molecule has 6 heteroatoms. The molecule has 0 atom stereocenters. The first-order valence-electron chi connectivity index (χ1n) is 8.49. The Hall–Kier alpha value is -1.27. The zero-order valence-corrected chi connectivity index (χ0v) is 16.4. The second kappa shape index (κ2) is 9.28. The van der Waals surface area contributed by atoms with Gasteiger partial charge in [0.15, 0.2) is 0 Å². The molecule has 1 fully saturated rings. The van der Waals surface area contributed by atoms with Gasteiger partial charge < -0.3 is 19.9 Å². The minimum atomic E-state index is 0.0239. The van der Waals surface area contributed by atoms with Gasteiger partial charge in [-0.25, -0.2) is 4.79 Å². The summed E-state index contributed by atoms with van der Waals surface area (Å²) in [7, 11) is 5.87. The second-order valence-electron chi connectivity index (χ2n) is 6.64. The molecule has 134 valence electrons. The lowest BCUT2D eigenvalue weighted by Crippen LogP contribution is -2.44. The average Bonchev–Trinajstić information content (AvgIpc) is 2.59. The number of benzene rings is 1. The zero-order valence-electron chi connectivity index (χ0n) is 14.8. The topological polar surface area (TPSA) is 44.8 Å². The Kier molecular flexibility index (Phi) is 7.37. The minimum absolute atomic E-state index is 0.0239. The Morgan fingerprint density at radius 3 is 2.71 bits per heavy atom. The quantitative estimate of drug-likeness (QED) is 0.800. The van der Waals surface area contributed by atoms with Gasteiger partial charge in [0.25, 0.3) is 0 Å². The van der Waals surface area contributed by atoms with E-state index < -0.39 is 0 Å². The van der Waals surface area contributed by atoms with Crippen LogP contribution in [0.5, 0.6) is 5.75 Å². The molecule has 0 bridgehead atoms. The summed E-state index contributed by atoms with van der Waals surface area (Å²) in [5.41, 5.74) is 1.02. The number of amides is 2. The van der Waals surface area contributed by atoms with Crippen LogP contribution in [0, 0.1) is 5.92 Å². The molecule has 1 saturated heterocycles. The third kappa shape index (κ3) is 5.67. The van der Waals surface area contributed by atoms with Crippen molar-refractivity contribution in [2.24, 2.45) is 5.92 Å². The van der Waals surface area contributed by atoms with Gasteiger partial charge >= 0.3 is 6.03 Å². The molecule has 5 nitrogen and oxygen atoms in total. The fourth-order valence-electron chi connectivity index (χ4n) is 2.96. The van der Waals surface area contributed by atoms with Gasteiger partial charge in [0.1, 0.15) is 5.75 Å². The maximum atomic E-state index is 12.4. The Labute approximate surface area is 153 Å². The fourth-order valence-corrected chi connectivity index (χ4v) is 3.35. The first kappa shape index (κ1) is 19.1. The van der Waals surface area contributed by atoms with Gasteiger partial charge in [-0.1, -0.05) is 15.9 Å². The molecule has 1 aromatic rings. The van der Waals surface area contributed by atoms with E-state index in [0.717, 1.165) is 54.2 Å². The maximum Gasteiger partial charge on any atom is 0.317 e. The van der Waals surface area contributed by atoms with Crippen molar-refractivity contribution in [1.82, 2.24) is 15.1 Å². The summed E-state index contributed by atoms with van der Waals surface area (Å²) in [4.78, 5) is 16.5. The number of ether oxygens (including phenoxy) is 1. The molecule has 0 radical (unpaired) electrons. The largest absolute Gasteiger partial charge is 0.497 e. The molecule has 1 aromatic carbocycles. The molecule has 0 spiro atoms. The number of hydrogen-bond acceptors (Lipinski definition) is 3. The van der Waals surface area contributed by atoms with E-state index in [4.69, 9.17) is 4.74 Å². The number of halogens is 1. The number of nitrogens with one attached hydrogen (secondary N) is 1. The molecule has 1 heterocycles. The standard InChI is InChI=1S/C18H28BrN3O2/c1-21(2)9-6-14-7-10-22(11-8-14)18(23)20-13-15-12-16(24-3)4-5-17(15)19/h4-5,12,14H,6-11,13H2,1-3H3,(H,20,23). The predicted molar refractivity (Wildman–Crippen MR) is 100 cm³/mol. The number of methoxy groups -OCH3 is 1. The van der Waals surface area contributed by atoms with Crippen LogP contribution in [0.25, 0.3) is 0 Å². The molecule has 0 aliphatic carbocycles. The molecule has 0 saturated carbocycles. The summed E-state index contributed by atoms with van der Waals surface area (Å²) < 4.78 is 6.21. The average molecular weight is 398 g/mol.